The summed E-state index contributed by atoms with van der Waals surface area (Å²) in [6, 6.07) is -1.23. The Morgan fingerprint density at radius 2 is 2.00 bits per heavy atom. The predicted molar refractivity (Wildman–Crippen MR) is 51.5 cm³/mol. The van der Waals surface area contributed by atoms with Crippen molar-refractivity contribution in [2.75, 3.05) is 6.61 Å². The standard InChI is InChI=1S/C9H14F3NO4/c1-2-3-4-6(7(14)15)13-8(16)17-5-9(10,11)12/h6H,2-5H2,1H3,(H,13,16)(H,14,15)/t6-/m0/s1. The van der Waals surface area contributed by atoms with Gasteiger partial charge in [0.2, 0.25) is 0 Å². The zero-order valence-corrected chi connectivity index (χ0v) is 9.21. The number of unbranched alkanes of at least 4 members (excludes halogenated alkanes) is 1. The van der Waals surface area contributed by atoms with Gasteiger partial charge in [0.05, 0.1) is 0 Å². The number of ether oxygens (including phenoxy) is 1. The Morgan fingerprint density at radius 3 is 2.41 bits per heavy atom. The van der Waals surface area contributed by atoms with Crippen molar-refractivity contribution in [1.82, 2.24) is 5.32 Å². The van der Waals surface area contributed by atoms with Gasteiger partial charge in [-0.2, -0.15) is 13.2 Å². The minimum Gasteiger partial charge on any atom is -0.480 e. The van der Waals surface area contributed by atoms with Crippen LogP contribution < -0.4 is 5.32 Å². The van der Waals surface area contributed by atoms with Crippen LogP contribution in [0.1, 0.15) is 26.2 Å². The first kappa shape index (κ1) is 15.5. The van der Waals surface area contributed by atoms with E-state index in [9.17, 15) is 22.8 Å². The molecule has 8 heteroatoms. The van der Waals surface area contributed by atoms with Crippen molar-refractivity contribution >= 4 is 12.1 Å². The van der Waals surface area contributed by atoms with E-state index >= 15 is 0 Å². The van der Waals surface area contributed by atoms with Crippen LogP contribution in [0.4, 0.5) is 18.0 Å². The third kappa shape index (κ3) is 8.35. The van der Waals surface area contributed by atoms with Crippen molar-refractivity contribution in [3.05, 3.63) is 0 Å². The van der Waals surface area contributed by atoms with E-state index in [0.29, 0.717) is 12.8 Å². The fourth-order valence-corrected chi connectivity index (χ4v) is 0.997. The lowest BCUT2D eigenvalue weighted by molar-refractivity contribution is -0.160. The highest BCUT2D eigenvalue weighted by atomic mass is 19.4. The number of carboxylic acids is 1. The molecule has 0 aromatic carbocycles. The molecule has 0 aliphatic rings. The van der Waals surface area contributed by atoms with Crippen LogP contribution in [0.15, 0.2) is 0 Å². The lowest BCUT2D eigenvalue weighted by atomic mass is 10.1. The van der Waals surface area contributed by atoms with Crippen LogP contribution in [-0.2, 0) is 9.53 Å². The van der Waals surface area contributed by atoms with Gasteiger partial charge in [0.25, 0.3) is 0 Å². The van der Waals surface area contributed by atoms with Crippen molar-refractivity contribution in [2.24, 2.45) is 0 Å². The Morgan fingerprint density at radius 1 is 1.41 bits per heavy atom. The number of carbonyl (C=O) groups is 2. The van der Waals surface area contributed by atoms with E-state index < -0.39 is 30.9 Å². The number of hydrogen-bond donors (Lipinski definition) is 2. The minimum absolute atomic E-state index is 0.146. The fourth-order valence-electron chi connectivity index (χ4n) is 0.997. The van der Waals surface area contributed by atoms with Crippen LogP contribution in [0, 0.1) is 0 Å². The van der Waals surface area contributed by atoms with Crippen molar-refractivity contribution in [3.63, 3.8) is 0 Å². The van der Waals surface area contributed by atoms with Gasteiger partial charge in [-0.25, -0.2) is 9.59 Å². The van der Waals surface area contributed by atoms with Gasteiger partial charge in [0.15, 0.2) is 6.61 Å². The molecule has 0 unspecified atom stereocenters. The summed E-state index contributed by atoms with van der Waals surface area (Å²) < 4.78 is 38.9. The van der Waals surface area contributed by atoms with E-state index in [1.54, 1.807) is 0 Å². The summed E-state index contributed by atoms with van der Waals surface area (Å²) in [7, 11) is 0. The lowest BCUT2D eigenvalue weighted by Crippen LogP contribution is -2.42. The quantitative estimate of drug-likeness (QED) is 0.762. The maximum absolute atomic E-state index is 11.7. The summed E-state index contributed by atoms with van der Waals surface area (Å²) in [5.74, 6) is -1.30. The van der Waals surface area contributed by atoms with Gasteiger partial charge >= 0.3 is 18.2 Å². The van der Waals surface area contributed by atoms with Crippen molar-refractivity contribution < 1.29 is 32.6 Å². The third-order valence-electron chi connectivity index (χ3n) is 1.80. The fraction of sp³-hybridized carbons (Fsp3) is 0.778. The number of aliphatic carboxylic acids is 1. The number of alkyl halides is 3. The molecule has 0 bridgehead atoms. The van der Waals surface area contributed by atoms with Gasteiger partial charge in [-0.05, 0) is 6.42 Å². The van der Waals surface area contributed by atoms with Crippen molar-refractivity contribution in [2.45, 2.75) is 38.4 Å². The zero-order chi connectivity index (χ0) is 13.5. The minimum atomic E-state index is -4.63. The SMILES string of the molecule is CCCC[C@H](NC(=O)OCC(F)(F)F)C(=O)O. The molecular formula is C9H14F3NO4. The van der Waals surface area contributed by atoms with Crippen LogP contribution in [-0.4, -0.2) is 36.0 Å². The molecule has 0 radical (unpaired) electrons. The second kappa shape index (κ2) is 6.97. The van der Waals surface area contributed by atoms with Crippen LogP contribution >= 0.6 is 0 Å². The van der Waals surface area contributed by atoms with E-state index in [0.717, 1.165) is 0 Å². The molecule has 0 saturated heterocycles. The van der Waals surface area contributed by atoms with Crippen LogP contribution in [0.25, 0.3) is 0 Å². The van der Waals surface area contributed by atoms with E-state index in [-0.39, 0.29) is 6.42 Å². The predicted octanol–water partition coefficient (Wildman–Crippen LogP) is 1.92. The molecule has 100 valence electrons. The van der Waals surface area contributed by atoms with Crippen LogP contribution in [0.5, 0.6) is 0 Å². The number of rotatable bonds is 6. The van der Waals surface area contributed by atoms with Gasteiger partial charge in [-0.15, -0.1) is 0 Å². The molecule has 5 nitrogen and oxygen atoms in total. The average Bonchev–Trinajstić information content (AvgIpc) is 2.19. The van der Waals surface area contributed by atoms with Crippen LogP contribution in [0.3, 0.4) is 0 Å². The number of carboxylic acid groups (broad SMARTS) is 1. The summed E-state index contributed by atoms with van der Waals surface area (Å²) in [4.78, 5) is 21.5. The summed E-state index contributed by atoms with van der Waals surface area (Å²) in [6.45, 7) is 0.0832. The smallest absolute Gasteiger partial charge is 0.422 e. The number of hydrogen-bond acceptors (Lipinski definition) is 3. The molecule has 0 spiro atoms. The Labute approximate surface area is 95.9 Å². The van der Waals surface area contributed by atoms with Gasteiger partial charge in [0.1, 0.15) is 6.04 Å². The first-order valence-corrected chi connectivity index (χ1v) is 4.99. The van der Waals surface area contributed by atoms with E-state index in [4.69, 9.17) is 5.11 Å². The number of halogens is 3. The van der Waals surface area contributed by atoms with Gasteiger partial charge in [0, 0.05) is 0 Å². The van der Waals surface area contributed by atoms with Crippen molar-refractivity contribution in [3.8, 4) is 0 Å². The topological polar surface area (TPSA) is 75.6 Å². The maximum Gasteiger partial charge on any atom is 0.422 e. The molecule has 0 saturated carbocycles. The molecule has 0 fully saturated rings. The number of nitrogens with one attached hydrogen (secondary N) is 1. The highest BCUT2D eigenvalue weighted by molar-refractivity contribution is 5.79. The first-order valence-electron chi connectivity index (χ1n) is 4.99. The normalized spacial score (nSPS) is 12.9. The number of carbonyl (C=O) groups excluding carboxylic acids is 1. The molecule has 1 amide bonds. The van der Waals surface area contributed by atoms with E-state index in [2.05, 4.69) is 4.74 Å². The first-order chi connectivity index (χ1) is 7.76. The zero-order valence-electron chi connectivity index (χ0n) is 9.21. The number of amides is 1. The molecular weight excluding hydrogens is 243 g/mol. The van der Waals surface area contributed by atoms with Gasteiger partial charge in [-0.1, -0.05) is 19.8 Å². The summed E-state index contributed by atoms with van der Waals surface area (Å²) in [5, 5.41) is 10.5. The molecule has 1 atom stereocenters. The molecule has 0 heterocycles. The summed E-state index contributed by atoms with van der Waals surface area (Å²) in [6.07, 6.45) is -4.61. The highest BCUT2D eigenvalue weighted by Crippen LogP contribution is 2.14. The maximum atomic E-state index is 11.7. The molecule has 0 aromatic rings. The number of alkyl carbamates (subject to hydrolysis) is 1. The Balaban J connectivity index is 4.08. The van der Waals surface area contributed by atoms with E-state index in [1.165, 1.54) is 0 Å². The molecule has 0 aliphatic carbocycles. The largest absolute Gasteiger partial charge is 0.480 e. The summed E-state index contributed by atoms with van der Waals surface area (Å²) >= 11 is 0. The second-order valence-electron chi connectivity index (χ2n) is 3.37. The molecule has 17 heavy (non-hydrogen) atoms. The van der Waals surface area contributed by atoms with Gasteiger partial charge in [-0.3, -0.25) is 0 Å². The molecule has 0 aliphatic heterocycles. The Bertz CT molecular complexity index is 267. The van der Waals surface area contributed by atoms with E-state index in [1.807, 2.05) is 12.2 Å². The monoisotopic (exact) mass is 257 g/mol. The van der Waals surface area contributed by atoms with Crippen LogP contribution in [0.2, 0.25) is 0 Å². The highest BCUT2D eigenvalue weighted by Gasteiger charge is 2.30. The summed E-state index contributed by atoms with van der Waals surface area (Å²) in [5.41, 5.74) is 0. The molecule has 0 aromatic heterocycles. The Hall–Kier alpha value is -1.47. The third-order valence-corrected chi connectivity index (χ3v) is 1.80. The molecule has 0 rings (SSSR count). The average molecular weight is 257 g/mol. The Kier molecular flexibility index (Phi) is 6.37. The van der Waals surface area contributed by atoms with Gasteiger partial charge < -0.3 is 15.2 Å². The lowest BCUT2D eigenvalue weighted by Gasteiger charge is -2.14. The van der Waals surface area contributed by atoms with Crippen molar-refractivity contribution in [1.29, 1.82) is 0 Å². The second-order valence-corrected chi connectivity index (χ2v) is 3.37. The molecule has 2 N–H and O–H groups in total.